The van der Waals surface area contributed by atoms with Crippen molar-refractivity contribution in [2.75, 3.05) is 24.3 Å². The van der Waals surface area contributed by atoms with Crippen molar-refractivity contribution in [3.05, 3.63) is 0 Å². The lowest BCUT2D eigenvalue weighted by molar-refractivity contribution is 0.315. The SMILES string of the molecule is CCNc1nc(NC2CCCCC2CC)nc(OC)n1. The molecule has 1 heterocycles. The van der Waals surface area contributed by atoms with E-state index in [-0.39, 0.29) is 0 Å². The van der Waals surface area contributed by atoms with Crippen LogP contribution in [0.5, 0.6) is 6.01 Å². The zero-order valence-electron chi connectivity index (χ0n) is 12.6. The molecular weight excluding hydrogens is 254 g/mol. The van der Waals surface area contributed by atoms with Gasteiger partial charge in [0.25, 0.3) is 0 Å². The van der Waals surface area contributed by atoms with E-state index in [0.717, 1.165) is 6.54 Å². The minimum Gasteiger partial charge on any atom is -0.467 e. The molecule has 6 nitrogen and oxygen atoms in total. The number of nitrogens with zero attached hydrogens (tertiary/aromatic N) is 3. The maximum atomic E-state index is 5.14. The van der Waals surface area contributed by atoms with Gasteiger partial charge in [-0.1, -0.05) is 26.2 Å². The molecule has 0 aromatic carbocycles. The third-order valence-electron chi connectivity index (χ3n) is 3.88. The summed E-state index contributed by atoms with van der Waals surface area (Å²) in [5.41, 5.74) is 0. The molecule has 0 spiro atoms. The van der Waals surface area contributed by atoms with Crippen LogP contribution in [0.15, 0.2) is 0 Å². The summed E-state index contributed by atoms with van der Waals surface area (Å²) in [6.45, 7) is 5.04. The minimum atomic E-state index is 0.349. The fraction of sp³-hybridized carbons (Fsp3) is 0.786. The van der Waals surface area contributed by atoms with E-state index in [1.807, 2.05) is 6.92 Å². The summed E-state index contributed by atoms with van der Waals surface area (Å²) in [6.07, 6.45) is 6.27. The highest BCUT2D eigenvalue weighted by molar-refractivity contribution is 5.36. The Bertz CT molecular complexity index is 426. The third kappa shape index (κ3) is 3.71. The summed E-state index contributed by atoms with van der Waals surface area (Å²) in [4.78, 5) is 12.9. The van der Waals surface area contributed by atoms with E-state index in [9.17, 15) is 0 Å². The lowest BCUT2D eigenvalue weighted by Crippen LogP contribution is -2.32. The molecule has 1 fully saturated rings. The van der Waals surface area contributed by atoms with Crippen molar-refractivity contribution in [2.24, 2.45) is 5.92 Å². The molecule has 2 N–H and O–H groups in total. The van der Waals surface area contributed by atoms with Crippen LogP contribution in [0.3, 0.4) is 0 Å². The lowest BCUT2D eigenvalue weighted by atomic mass is 9.83. The van der Waals surface area contributed by atoms with E-state index in [4.69, 9.17) is 4.74 Å². The number of ether oxygens (including phenoxy) is 1. The summed E-state index contributed by atoms with van der Waals surface area (Å²) in [5, 5.41) is 6.58. The molecule has 112 valence electrons. The van der Waals surface area contributed by atoms with E-state index in [1.54, 1.807) is 7.11 Å². The van der Waals surface area contributed by atoms with Crippen LogP contribution in [0.2, 0.25) is 0 Å². The molecule has 0 amide bonds. The Hall–Kier alpha value is -1.59. The molecule has 20 heavy (non-hydrogen) atoms. The molecule has 0 bridgehead atoms. The van der Waals surface area contributed by atoms with Crippen LogP contribution < -0.4 is 15.4 Å². The summed E-state index contributed by atoms with van der Waals surface area (Å²) in [7, 11) is 1.57. The van der Waals surface area contributed by atoms with Crippen molar-refractivity contribution in [3.8, 4) is 6.01 Å². The Balaban J connectivity index is 2.12. The van der Waals surface area contributed by atoms with Crippen molar-refractivity contribution in [2.45, 2.75) is 52.0 Å². The molecule has 1 aliphatic carbocycles. The average molecular weight is 279 g/mol. The van der Waals surface area contributed by atoms with Gasteiger partial charge in [-0.3, -0.25) is 0 Å². The molecule has 1 saturated carbocycles. The van der Waals surface area contributed by atoms with E-state index in [0.29, 0.717) is 29.9 Å². The van der Waals surface area contributed by atoms with Crippen molar-refractivity contribution < 1.29 is 4.74 Å². The minimum absolute atomic E-state index is 0.349. The molecular formula is C14H25N5O. The Labute approximate surface area is 120 Å². The second-order valence-electron chi connectivity index (χ2n) is 5.20. The number of anilines is 2. The Morgan fingerprint density at radius 1 is 1.10 bits per heavy atom. The molecule has 0 aliphatic heterocycles. The molecule has 6 heteroatoms. The van der Waals surface area contributed by atoms with Crippen LogP contribution in [-0.4, -0.2) is 34.6 Å². The van der Waals surface area contributed by atoms with Gasteiger partial charge in [0.1, 0.15) is 0 Å². The van der Waals surface area contributed by atoms with Crippen LogP contribution in [0.1, 0.15) is 46.0 Å². The van der Waals surface area contributed by atoms with Gasteiger partial charge in [0.05, 0.1) is 7.11 Å². The first-order valence-electron chi connectivity index (χ1n) is 7.57. The van der Waals surface area contributed by atoms with Gasteiger partial charge in [0.15, 0.2) is 0 Å². The summed E-state index contributed by atoms with van der Waals surface area (Å²) in [6, 6.07) is 0.803. The standard InChI is InChI=1S/C14H25N5O/c1-4-10-8-6-7-9-11(10)16-13-17-12(15-5-2)18-14(19-13)20-3/h10-11H,4-9H2,1-3H3,(H2,15,16,17,18,19). The molecule has 0 radical (unpaired) electrons. The van der Waals surface area contributed by atoms with Gasteiger partial charge in [-0.05, 0) is 25.7 Å². The van der Waals surface area contributed by atoms with Gasteiger partial charge in [-0.15, -0.1) is 0 Å². The predicted octanol–water partition coefficient (Wildman–Crippen LogP) is 2.69. The topological polar surface area (TPSA) is 72.0 Å². The summed E-state index contributed by atoms with van der Waals surface area (Å²) >= 11 is 0. The molecule has 1 aliphatic rings. The third-order valence-corrected chi connectivity index (χ3v) is 3.88. The number of hydrogen-bond donors (Lipinski definition) is 2. The second-order valence-corrected chi connectivity index (χ2v) is 5.20. The van der Waals surface area contributed by atoms with Gasteiger partial charge >= 0.3 is 6.01 Å². The first kappa shape index (κ1) is 14.8. The molecule has 2 atom stereocenters. The van der Waals surface area contributed by atoms with Gasteiger partial charge in [-0.2, -0.15) is 15.0 Å². The van der Waals surface area contributed by atoms with Gasteiger partial charge in [-0.25, -0.2) is 0 Å². The van der Waals surface area contributed by atoms with E-state index < -0.39 is 0 Å². The number of nitrogens with one attached hydrogen (secondary N) is 2. The summed E-state index contributed by atoms with van der Waals surface area (Å²) in [5.74, 6) is 1.87. The monoisotopic (exact) mass is 279 g/mol. The Morgan fingerprint density at radius 3 is 2.55 bits per heavy atom. The number of rotatable bonds is 6. The maximum absolute atomic E-state index is 5.14. The van der Waals surface area contributed by atoms with E-state index in [1.165, 1.54) is 32.1 Å². The number of methoxy groups -OCH3 is 1. The Kier molecular flexibility index (Phi) is 5.38. The molecule has 1 aromatic heterocycles. The quantitative estimate of drug-likeness (QED) is 0.834. The van der Waals surface area contributed by atoms with Crippen molar-refractivity contribution in [3.63, 3.8) is 0 Å². The van der Waals surface area contributed by atoms with Crippen molar-refractivity contribution in [1.29, 1.82) is 0 Å². The molecule has 2 rings (SSSR count). The van der Waals surface area contributed by atoms with E-state index in [2.05, 4.69) is 32.5 Å². The van der Waals surface area contributed by atoms with E-state index >= 15 is 0 Å². The predicted molar refractivity (Wildman–Crippen MR) is 80.2 cm³/mol. The fourth-order valence-electron chi connectivity index (χ4n) is 2.80. The first-order chi connectivity index (χ1) is 9.76. The lowest BCUT2D eigenvalue weighted by Gasteiger charge is -2.31. The largest absolute Gasteiger partial charge is 0.467 e. The number of hydrogen-bond acceptors (Lipinski definition) is 6. The average Bonchev–Trinajstić information content (AvgIpc) is 2.48. The summed E-state index contributed by atoms with van der Waals surface area (Å²) < 4.78 is 5.14. The van der Waals surface area contributed by atoms with Gasteiger partial charge < -0.3 is 15.4 Å². The van der Waals surface area contributed by atoms with Gasteiger partial charge in [0.2, 0.25) is 11.9 Å². The molecule has 2 unspecified atom stereocenters. The highest BCUT2D eigenvalue weighted by Gasteiger charge is 2.24. The van der Waals surface area contributed by atoms with Crippen molar-refractivity contribution in [1.82, 2.24) is 15.0 Å². The first-order valence-corrected chi connectivity index (χ1v) is 7.57. The van der Waals surface area contributed by atoms with Crippen molar-refractivity contribution >= 4 is 11.9 Å². The zero-order chi connectivity index (χ0) is 14.4. The molecule has 0 saturated heterocycles. The van der Waals surface area contributed by atoms with Crippen LogP contribution in [-0.2, 0) is 0 Å². The van der Waals surface area contributed by atoms with Crippen LogP contribution >= 0.6 is 0 Å². The Morgan fingerprint density at radius 2 is 1.85 bits per heavy atom. The highest BCUT2D eigenvalue weighted by Crippen LogP contribution is 2.29. The van der Waals surface area contributed by atoms with Crippen LogP contribution in [0.25, 0.3) is 0 Å². The fourth-order valence-corrected chi connectivity index (χ4v) is 2.80. The normalized spacial score (nSPS) is 22.4. The van der Waals surface area contributed by atoms with Crippen LogP contribution in [0, 0.1) is 5.92 Å². The number of aromatic nitrogens is 3. The van der Waals surface area contributed by atoms with Crippen LogP contribution in [0.4, 0.5) is 11.9 Å². The van der Waals surface area contributed by atoms with Gasteiger partial charge in [0, 0.05) is 12.6 Å². The highest BCUT2D eigenvalue weighted by atomic mass is 16.5. The maximum Gasteiger partial charge on any atom is 0.322 e. The molecule has 1 aromatic rings. The smallest absolute Gasteiger partial charge is 0.322 e. The second kappa shape index (κ2) is 7.26. The zero-order valence-corrected chi connectivity index (χ0v) is 12.6.